The molecule has 1 N–H and O–H groups in total. The molecule has 26 valence electrons. The Morgan fingerprint density at radius 2 is 2.40 bits per heavy atom. The summed E-state index contributed by atoms with van der Waals surface area (Å²) in [6.07, 6.45) is 1.24. The Bertz CT molecular complexity index is 34.6. The molecule has 0 aromatic heterocycles. The maximum atomic E-state index is 7.50. The van der Waals surface area contributed by atoms with E-state index >= 15 is 0 Å². The first-order valence-corrected chi connectivity index (χ1v) is 2.99. The van der Waals surface area contributed by atoms with Crippen LogP contribution in [0.3, 0.4) is 0 Å². The summed E-state index contributed by atoms with van der Waals surface area (Å²) in [5, 5.41) is 7.50. The van der Waals surface area contributed by atoms with E-state index in [9.17, 15) is 0 Å². The Labute approximate surface area is 44.9 Å². The number of rotatable bonds is 1. The van der Waals surface area contributed by atoms with E-state index < -0.39 is 0 Å². The van der Waals surface area contributed by atoms with Crippen molar-refractivity contribution in [3.63, 3.8) is 0 Å². The molecule has 0 bridgehead atoms. The van der Waals surface area contributed by atoms with Crippen LogP contribution in [0.15, 0.2) is 10.1 Å². The Morgan fingerprint density at radius 1 is 1.80 bits per heavy atom. The van der Waals surface area contributed by atoms with Crippen molar-refractivity contribution in [2.24, 2.45) is 0 Å². The Hall–Kier alpha value is 0.370. The van der Waals surface area contributed by atoms with E-state index in [2.05, 4.69) is 4.89 Å². The second-order valence-electron chi connectivity index (χ2n) is 0.434. The second-order valence-corrected chi connectivity index (χ2v) is 1.53. The van der Waals surface area contributed by atoms with Crippen molar-refractivity contribution in [2.75, 3.05) is 0 Å². The van der Waals surface area contributed by atoms with E-state index in [0.29, 0.717) is 0 Å². The van der Waals surface area contributed by atoms with Gasteiger partial charge in [0.2, 0.25) is 0 Å². The van der Waals surface area contributed by atoms with Gasteiger partial charge in [-0.05, 0) is 0 Å². The predicted molar refractivity (Wildman–Crippen MR) is 18.6 cm³/mol. The Kier molecular flexibility index (Phi) is 4.69. The van der Waals surface area contributed by atoms with Crippen LogP contribution in [0.5, 0.6) is 0 Å². The molecule has 0 fully saturated rings. The molecule has 0 amide bonds. The SMILES string of the molecule is OO/C=[CH]\[In]. The fourth-order valence-corrected chi connectivity index (χ4v) is 0.236. The van der Waals surface area contributed by atoms with E-state index in [0.717, 1.165) is 24.4 Å². The molecular formula is C2H3InO2. The van der Waals surface area contributed by atoms with Gasteiger partial charge < -0.3 is 0 Å². The van der Waals surface area contributed by atoms with Gasteiger partial charge in [0, 0.05) is 0 Å². The van der Waals surface area contributed by atoms with Crippen LogP contribution >= 0.6 is 0 Å². The first-order chi connectivity index (χ1) is 2.41. The molecule has 3 heteroatoms. The van der Waals surface area contributed by atoms with Gasteiger partial charge in [0.05, 0.1) is 0 Å². The van der Waals surface area contributed by atoms with E-state index in [-0.39, 0.29) is 0 Å². The fraction of sp³-hybridized carbons (Fsp3) is 0. The summed E-state index contributed by atoms with van der Waals surface area (Å²) in [6, 6.07) is 0. The van der Waals surface area contributed by atoms with Crippen LogP contribution in [-0.4, -0.2) is 29.6 Å². The zero-order valence-electron chi connectivity index (χ0n) is 2.59. The van der Waals surface area contributed by atoms with Crippen LogP contribution in [0.4, 0.5) is 0 Å². The van der Waals surface area contributed by atoms with Gasteiger partial charge in [-0.1, -0.05) is 0 Å². The summed E-state index contributed by atoms with van der Waals surface area (Å²) < 4.78 is 1.71. The van der Waals surface area contributed by atoms with Crippen molar-refractivity contribution in [1.82, 2.24) is 0 Å². The van der Waals surface area contributed by atoms with Crippen LogP contribution < -0.4 is 0 Å². The van der Waals surface area contributed by atoms with Gasteiger partial charge in [0.15, 0.2) is 0 Å². The van der Waals surface area contributed by atoms with Crippen LogP contribution in [0, 0.1) is 0 Å². The predicted octanol–water partition coefficient (Wildman–Crippen LogP) is 0.116. The topological polar surface area (TPSA) is 29.5 Å². The molecule has 5 heavy (non-hydrogen) atoms. The third-order valence-corrected chi connectivity index (χ3v) is 0.588. The van der Waals surface area contributed by atoms with Gasteiger partial charge in [0.1, 0.15) is 0 Å². The van der Waals surface area contributed by atoms with Gasteiger partial charge in [-0.15, -0.1) is 0 Å². The van der Waals surface area contributed by atoms with E-state index in [1.54, 1.807) is 3.83 Å². The van der Waals surface area contributed by atoms with Crippen molar-refractivity contribution in [3.05, 3.63) is 10.1 Å². The molecule has 0 aromatic rings. The fourth-order valence-electron chi connectivity index (χ4n) is 0.0351. The zero-order chi connectivity index (χ0) is 4.12. The van der Waals surface area contributed by atoms with Gasteiger partial charge in [-0.25, -0.2) is 0 Å². The van der Waals surface area contributed by atoms with Crippen molar-refractivity contribution in [3.8, 4) is 0 Å². The third-order valence-electron chi connectivity index (χ3n) is 0.139. The monoisotopic (exact) mass is 174 g/mol. The Balaban J connectivity index is 2.62. The molecule has 0 saturated heterocycles. The van der Waals surface area contributed by atoms with E-state index in [1.165, 1.54) is 6.26 Å². The molecule has 0 spiro atoms. The normalized spacial score (nSPS) is 9.00. The average molecular weight is 174 g/mol. The first kappa shape index (κ1) is 5.37. The summed E-state index contributed by atoms with van der Waals surface area (Å²) >= 11 is 0.985. The molecule has 0 heterocycles. The van der Waals surface area contributed by atoms with Gasteiger partial charge in [-0.3, -0.25) is 0 Å². The van der Waals surface area contributed by atoms with E-state index in [1.807, 2.05) is 0 Å². The first-order valence-electron chi connectivity index (χ1n) is 1.08. The molecule has 2 nitrogen and oxygen atoms in total. The molecule has 0 saturated carbocycles. The van der Waals surface area contributed by atoms with Crippen molar-refractivity contribution in [1.29, 1.82) is 0 Å². The van der Waals surface area contributed by atoms with Gasteiger partial charge in [-0.2, -0.15) is 0 Å². The molecule has 2 radical (unpaired) electrons. The van der Waals surface area contributed by atoms with Crippen molar-refractivity contribution < 1.29 is 10.1 Å². The standard InChI is InChI=1S/C2H3O2.In/c1-2-4-3;/h1-3H;. The summed E-state index contributed by atoms with van der Waals surface area (Å²) in [4.78, 5) is 3.54. The molecule has 0 aliphatic heterocycles. The molecule has 0 aliphatic rings. The molecule has 0 aliphatic carbocycles. The average Bonchev–Trinajstić information content (AvgIpc) is 1.41. The quantitative estimate of drug-likeness (QED) is 0.347. The van der Waals surface area contributed by atoms with Gasteiger partial charge in [0.25, 0.3) is 0 Å². The molecule has 0 atom stereocenters. The summed E-state index contributed by atoms with van der Waals surface area (Å²) in [7, 11) is 0. The molecule has 0 aromatic carbocycles. The van der Waals surface area contributed by atoms with Crippen molar-refractivity contribution >= 4 is 24.4 Å². The molecular weight excluding hydrogens is 171 g/mol. The van der Waals surface area contributed by atoms with Gasteiger partial charge >= 0.3 is 44.6 Å². The van der Waals surface area contributed by atoms with Crippen LogP contribution in [0.2, 0.25) is 0 Å². The van der Waals surface area contributed by atoms with Crippen LogP contribution in [0.25, 0.3) is 0 Å². The second kappa shape index (κ2) is 4.37. The summed E-state index contributed by atoms with van der Waals surface area (Å²) in [6.45, 7) is 0. The number of hydrogen-bond donors (Lipinski definition) is 1. The Morgan fingerprint density at radius 3 is 2.40 bits per heavy atom. The third kappa shape index (κ3) is 4.37. The maximum absolute atomic E-state index is 7.50. The van der Waals surface area contributed by atoms with E-state index in [4.69, 9.17) is 5.26 Å². The molecule has 0 rings (SSSR count). The zero-order valence-corrected chi connectivity index (χ0v) is 5.88. The minimum absolute atomic E-state index is 0.985. The minimum atomic E-state index is 0.985. The molecule has 0 unspecified atom stereocenters. The summed E-state index contributed by atoms with van der Waals surface area (Å²) in [5.74, 6) is 0. The summed E-state index contributed by atoms with van der Waals surface area (Å²) in [5.41, 5.74) is 0. The van der Waals surface area contributed by atoms with Crippen molar-refractivity contribution in [2.45, 2.75) is 0 Å². The number of hydrogen-bond acceptors (Lipinski definition) is 2. The van der Waals surface area contributed by atoms with Crippen LogP contribution in [0.1, 0.15) is 0 Å². The van der Waals surface area contributed by atoms with Crippen LogP contribution in [-0.2, 0) is 4.89 Å².